The first-order valence-electron chi connectivity index (χ1n) is 4.18. The number of aromatic carboxylic acids is 1. The molecule has 3 N–H and O–H groups in total. The largest absolute Gasteiger partial charge is 0.478 e. The van der Waals surface area contributed by atoms with Crippen molar-refractivity contribution in [1.82, 2.24) is 0 Å². The van der Waals surface area contributed by atoms with E-state index in [0.717, 1.165) is 6.08 Å². The zero-order chi connectivity index (χ0) is 12.1. The Kier molecular flexibility index (Phi) is 3.49. The van der Waals surface area contributed by atoms with Gasteiger partial charge in [-0.1, -0.05) is 6.58 Å². The number of anilines is 1. The Balaban J connectivity index is 2.90. The van der Waals surface area contributed by atoms with E-state index >= 15 is 0 Å². The molecular formula is C10H9NO5. The number of rotatable bonds is 4. The van der Waals surface area contributed by atoms with Crippen LogP contribution >= 0.6 is 0 Å². The molecule has 0 bridgehead atoms. The highest BCUT2D eigenvalue weighted by Gasteiger charge is 2.13. The van der Waals surface area contributed by atoms with Crippen molar-refractivity contribution < 1.29 is 24.5 Å². The highest BCUT2D eigenvalue weighted by atomic mass is 17.2. The summed E-state index contributed by atoms with van der Waals surface area (Å²) in [5.41, 5.74) is 5.47. The average Bonchev–Trinajstić information content (AvgIpc) is 2.26. The lowest BCUT2D eigenvalue weighted by atomic mass is 10.2. The molecule has 0 aliphatic carbocycles. The van der Waals surface area contributed by atoms with Crippen LogP contribution in [0, 0.1) is 0 Å². The first-order chi connectivity index (χ1) is 7.54. The van der Waals surface area contributed by atoms with E-state index in [4.69, 9.17) is 10.8 Å². The summed E-state index contributed by atoms with van der Waals surface area (Å²) >= 11 is 0. The van der Waals surface area contributed by atoms with Gasteiger partial charge in [0.05, 0.1) is 0 Å². The molecule has 0 saturated carbocycles. The second-order valence-corrected chi connectivity index (χ2v) is 2.75. The molecule has 1 aromatic rings. The maximum absolute atomic E-state index is 10.8. The van der Waals surface area contributed by atoms with Gasteiger partial charge < -0.3 is 10.8 Å². The van der Waals surface area contributed by atoms with E-state index in [1.807, 2.05) is 0 Å². The lowest BCUT2D eigenvalue weighted by Gasteiger charge is -2.06. The minimum Gasteiger partial charge on any atom is -0.478 e. The number of carboxylic acids is 1. The fourth-order valence-corrected chi connectivity index (χ4v) is 0.907. The Morgan fingerprint density at radius 1 is 1.44 bits per heavy atom. The van der Waals surface area contributed by atoms with Crippen LogP contribution in [-0.2, 0) is 9.68 Å². The standard InChI is InChI=1S/C10H9NO5/c1-2-9(12)16-15-8-4-3-6(11)5-7(8)10(13)14/h2-5H,1,11H2,(H,13,14). The van der Waals surface area contributed by atoms with E-state index in [1.54, 1.807) is 0 Å². The zero-order valence-corrected chi connectivity index (χ0v) is 8.17. The van der Waals surface area contributed by atoms with Gasteiger partial charge >= 0.3 is 11.9 Å². The van der Waals surface area contributed by atoms with Crippen LogP contribution in [0.4, 0.5) is 5.69 Å². The molecular weight excluding hydrogens is 214 g/mol. The predicted octanol–water partition coefficient (Wildman–Crippen LogP) is 0.990. The molecule has 1 rings (SSSR count). The van der Waals surface area contributed by atoms with Crippen LogP contribution < -0.4 is 10.6 Å². The van der Waals surface area contributed by atoms with Crippen molar-refractivity contribution in [2.45, 2.75) is 0 Å². The molecule has 0 heterocycles. The molecule has 0 radical (unpaired) electrons. The number of benzene rings is 1. The molecule has 0 unspecified atom stereocenters. The number of carbonyl (C=O) groups is 2. The highest BCUT2D eigenvalue weighted by molar-refractivity contribution is 5.92. The first-order valence-corrected chi connectivity index (χ1v) is 4.18. The maximum atomic E-state index is 10.8. The monoisotopic (exact) mass is 223 g/mol. The summed E-state index contributed by atoms with van der Waals surface area (Å²) < 4.78 is 0. The number of hydrogen-bond donors (Lipinski definition) is 2. The molecule has 0 amide bonds. The van der Waals surface area contributed by atoms with Crippen molar-refractivity contribution in [1.29, 1.82) is 0 Å². The van der Waals surface area contributed by atoms with Crippen LogP contribution in [0.3, 0.4) is 0 Å². The summed E-state index contributed by atoms with van der Waals surface area (Å²) in [5.74, 6) is -2.18. The van der Waals surface area contributed by atoms with Crippen LogP contribution in [-0.4, -0.2) is 17.0 Å². The molecule has 6 heteroatoms. The van der Waals surface area contributed by atoms with Crippen molar-refractivity contribution in [3.05, 3.63) is 36.4 Å². The molecule has 16 heavy (non-hydrogen) atoms. The zero-order valence-electron chi connectivity index (χ0n) is 8.17. The van der Waals surface area contributed by atoms with Crippen molar-refractivity contribution in [3.8, 4) is 5.75 Å². The van der Waals surface area contributed by atoms with Crippen molar-refractivity contribution in [3.63, 3.8) is 0 Å². The molecule has 1 aromatic carbocycles. The third kappa shape index (κ3) is 2.74. The van der Waals surface area contributed by atoms with Gasteiger partial charge in [0, 0.05) is 11.8 Å². The third-order valence-electron chi connectivity index (χ3n) is 1.61. The summed E-state index contributed by atoms with van der Waals surface area (Å²) in [6.07, 6.45) is 0.887. The number of nitrogen functional groups attached to an aromatic ring is 1. The Morgan fingerprint density at radius 2 is 2.12 bits per heavy atom. The van der Waals surface area contributed by atoms with E-state index in [2.05, 4.69) is 16.4 Å². The summed E-state index contributed by atoms with van der Waals surface area (Å²) in [6.45, 7) is 3.15. The average molecular weight is 223 g/mol. The lowest BCUT2D eigenvalue weighted by Crippen LogP contribution is -2.08. The number of nitrogens with two attached hydrogens (primary N) is 1. The second kappa shape index (κ2) is 4.83. The minimum atomic E-state index is -1.24. The van der Waals surface area contributed by atoms with Crippen LogP contribution in [0.5, 0.6) is 5.75 Å². The number of hydrogen-bond acceptors (Lipinski definition) is 5. The van der Waals surface area contributed by atoms with E-state index < -0.39 is 11.9 Å². The quantitative estimate of drug-likeness (QED) is 0.342. The first kappa shape index (κ1) is 11.6. The molecule has 0 aliphatic heterocycles. The van der Waals surface area contributed by atoms with E-state index in [0.29, 0.717) is 0 Å². The smallest absolute Gasteiger partial charge is 0.378 e. The summed E-state index contributed by atoms with van der Waals surface area (Å²) in [6, 6.07) is 3.90. The fraction of sp³-hybridized carbons (Fsp3) is 0. The lowest BCUT2D eigenvalue weighted by molar-refractivity contribution is -0.207. The van der Waals surface area contributed by atoms with Crippen LogP contribution in [0.2, 0.25) is 0 Å². The van der Waals surface area contributed by atoms with E-state index in [9.17, 15) is 9.59 Å². The molecule has 0 atom stereocenters. The molecule has 0 spiro atoms. The van der Waals surface area contributed by atoms with Gasteiger partial charge in [-0.2, -0.15) is 0 Å². The molecule has 0 aromatic heterocycles. The van der Waals surface area contributed by atoms with Crippen molar-refractivity contribution in [2.75, 3.05) is 5.73 Å². The molecule has 6 nitrogen and oxygen atoms in total. The third-order valence-corrected chi connectivity index (χ3v) is 1.61. The van der Waals surface area contributed by atoms with Crippen LogP contribution in [0.15, 0.2) is 30.9 Å². The van der Waals surface area contributed by atoms with Gasteiger partial charge in [-0.05, 0) is 18.2 Å². The highest BCUT2D eigenvalue weighted by Crippen LogP contribution is 2.21. The van der Waals surface area contributed by atoms with Crippen LogP contribution in [0.1, 0.15) is 10.4 Å². The van der Waals surface area contributed by atoms with Gasteiger partial charge in [-0.25, -0.2) is 14.5 Å². The van der Waals surface area contributed by atoms with E-state index in [-0.39, 0.29) is 17.0 Å². The fourth-order valence-electron chi connectivity index (χ4n) is 0.907. The van der Waals surface area contributed by atoms with Gasteiger partial charge in [0.1, 0.15) is 5.56 Å². The summed E-state index contributed by atoms with van der Waals surface area (Å²) in [7, 11) is 0. The van der Waals surface area contributed by atoms with Gasteiger partial charge in [-0.15, -0.1) is 0 Å². The SMILES string of the molecule is C=CC(=O)OOc1ccc(N)cc1C(=O)O. The number of carbonyl (C=O) groups excluding carboxylic acids is 1. The van der Waals surface area contributed by atoms with Crippen molar-refractivity contribution >= 4 is 17.6 Å². The molecule has 0 aliphatic rings. The normalized spacial score (nSPS) is 9.25. The Hall–Kier alpha value is -2.50. The van der Waals surface area contributed by atoms with Crippen LogP contribution in [0.25, 0.3) is 0 Å². The van der Waals surface area contributed by atoms with Crippen molar-refractivity contribution in [2.24, 2.45) is 0 Å². The number of carboxylic acid groups (broad SMARTS) is 1. The Morgan fingerprint density at radius 3 is 2.69 bits per heavy atom. The van der Waals surface area contributed by atoms with Gasteiger partial charge in [0.25, 0.3) is 0 Å². The summed E-state index contributed by atoms with van der Waals surface area (Å²) in [5, 5.41) is 8.82. The Bertz CT molecular complexity index is 441. The molecule has 0 saturated heterocycles. The molecule has 0 fully saturated rings. The Labute approximate surface area is 90.8 Å². The van der Waals surface area contributed by atoms with Gasteiger partial charge in [0.2, 0.25) is 0 Å². The minimum absolute atomic E-state index is 0.114. The van der Waals surface area contributed by atoms with E-state index in [1.165, 1.54) is 18.2 Å². The van der Waals surface area contributed by atoms with Gasteiger partial charge in [0.15, 0.2) is 5.75 Å². The summed E-state index contributed by atoms with van der Waals surface area (Å²) in [4.78, 5) is 30.3. The molecule has 84 valence electrons. The second-order valence-electron chi connectivity index (χ2n) is 2.75. The maximum Gasteiger partial charge on any atom is 0.378 e. The van der Waals surface area contributed by atoms with Gasteiger partial charge in [-0.3, -0.25) is 4.89 Å². The topological polar surface area (TPSA) is 98.9 Å². The predicted molar refractivity (Wildman–Crippen MR) is 54.7 cm³/mol.